The number of nitrogens with one attached hydrogen (secondary N) is 4. The first kappa shape index (κ1) is 49.8. The zero-order chi connectivity index (χ0) is 48.8. The second-order valence-corrected chi connectivity index (χ2v) is 15.2. The van der Waals surface area contributed by atoms with Gasteiger partial charge in [-0.3, -0.25) is 47.9 Å². The molecule has 0 aliphatic carbocycles. The Morgan fingerprint density at radius 1 is 0.537 bits per heavy atom. The van der Waals surface area contributed by atoms with Crippen LogP contribution in [-0.2, 0) is 0 Å². The molecule has 7 heterocycles. The van der Waals surface area contributed by atoms with Gasteiger partial charge >= 0.3 is 0 Å². The van der Waals surface area contributed by atoms with Gasteiger partial charge in [-0.15, -0.1) is 0 Å². The molecule has 0 saturated heterocycles. The molecule has 1 atom stereocenters. The first-order valence-corrected chi connectivity index (χ1v) is 21.2. The van der Waals surface area contributed by atoms with Gasteiger partial charge in [0, 0.05) is 64.0 Å². The van der Waals surface area contributed by atoms with Crippen molar-refractivity contribution < 1.29 is 28.8 Å². The summed E-state index contributed by atoms with van der Waals surface area (Å²) in [4.78, 5) is 132. The summed E-state index contributed by atoms with van der Waals surface area (Å²) in [5, 5.41) is 61.0. The smallest absolute Gasteiger partial charge is 0.270 e. The van der Waals surface area contributed by atoms with Gasteiger partial charge in [-0.25, -0.2) is 0 Å². The minimum atomic E-state index is -1.38. The predicted octanol–water partition coefficient (Wildman–Crippen LogP) is -1.31. The summed E-state index contributed by atoms with van der Waals surface area (Å²) in [6.45, 7) is -0.756. The third kappa shape index (κ3) is 12.3. The molecule has 25 heteroatoms. The average Bonchev–Trinajstić information content (AvgIpc) is 3.30. The molecule has 0 saturated carbocycles. The van der Waals surface area contributed by atoms with Crippen molar-refractivity contribution in [2.75, 3.05) is 52.4 Å². The summed E-state index contributed by atoms with van der Waals surface area (Å²) in [6, 6.07) is 9.55. The Hall–Kier alpha value is -8.22. The Morgan fingerprint density at radius 3 is 1.45 bits per heavy atom. The third-order valence-corrected chi connectivity index (χ3v) is 10.6. The maximum atomic E-state index is 13.6. The molecule has 0 spiro atoms. The average molecular weight is 930 g/mol. The van der Waals surface area contributed by atoms with Crippen LogP contribution < -0.4 is 49.2 Å². The molecule has 3 aliphatic rings. The minimum absolute atomic E-state index is 0.0273. The van der Waals surface area contributed by atoms with Gasteiger partial charge in [-0.05, 0) is 81.5 Å². The van der Waals surface area contributed by atoms with Gasteiger partial charge in [-0.1, -0.05) is 18.6 Å². The first-order chi connectivity index (χ1) is 32.0. The Bertz CT molecular complexity index is 2750. The van der Waals surface area contributed by atoms with E-state index in [1.165, 1.54) is 21.9 Å². The number of aromatic nitrogens is 4. The fourth-order valence-corrected chi connectivity index (χ4v) is 7.01. The lowest BCUT2D eigenvalue weighted by Gasteiger charge is -2.27. The number of hydrogen-bond acceptors (Lipinski definition) is 15. The first-order valence-electron chi connectivity index (χ1n) is 21.2. The van der Waals surface area contributed by atoms with Crippen molar-refractivity contribution in [1.82, 2.24) is 50.0 Å². The number of carbonyl (C=O) groups is 6. The molecule has 0 radical (unpaired) electrons. The van der Waals surface area contributed by atoms with Crippen molar-refractivity contribution in [1.29, 1.82) is 0 Å². The van der Waals surface area contributed by atoms with Gasteiger partial charge < -0.3 is 76.6 Å². The Labute approximate surface area is 379 Å². The van der Waals surface area contributed by atoms with Crippen LogP contribution in [0.15, 0.2) is 79.8 Å². The number of fused-ring (bicyclic) bond motifs is 2. The molecule has 0 unspecified atom stereocenters. The van der Waals surface area contributed by atoms with E-state index < -0.39 is 97.6 Å². The van der Waals surface area contributed by atoms with Crippen LogP contribution in [0.25, 0.3) is 0 Å². The molecule has 6 N–H and O–H groups in total. The van der Waals surface area contributed by atoms with Crippen LogP contribution in [0, 0.1) is 20.8 Å². The molecule has 25 nitrogen and oxygen atoms in total. The summed E-state index contributed by atoms with van der Waals surface area (Å²) in [5.74, 6) is -5.78. The molecular weight excluding hydrogens is 883 g/mol. The molecule has 4 aromatic heterocycles. The lowest BCUT2D eigenvalue weighted by molar-refractivity contribution is 0.0709. The van der Waals surface area contributed by atoms with Crippen LogP contribution in [0.1, 0.15) is 108 Å². The van der Waals surface area contributed by atoms with E-state index in [2.05, 4.69) is 21.3 Å². The van der Waals surface area contributed by atoms with Gasteiger partial charge in [0.25, 0.3) is 46.6 Å². The normalized spacial score (nSPS) is 16.4. The van der Waals surface area contributed by atoms with Crippen molar-refractivity contribution in [3.63, 3.8) is 0 Å². The maximum absolute atomic E-state index is 13.6. The SMILES string of the molecule is NCCCC[C@H]1CNC(=O)c2ccc(c(=O)n2[O-])C(=O)NCCCN(C(=O)c2cccc(=O)n2[O-])CCCCN(C(=O)c2cccc(=O)n2[O-])CCCNC(=O)c2ccc(n([O-])c2=O)C(=O)N1. The van der Waals surface area contributed by atoms with Gasteiger partial charge in [0.2, 0.25) is 11.1 Å². The van der Waals surface area contributed by atoms with Gasteiger partial charge in [0.15, 0.2) is 0 Å². The number of unbranched alkanes of at least 4 members (excludes halogenated alkanes) is 1. The molecule has 0 aromatic carbocycles. The standard InChI is InChI=1S/C42H47N11O14/c43-18-2-1-9-26-25-46-37(58)29-16-14-27(39(60)52(29)66)35(56)44-19-7-23-48(41(62)31-10-5-12-33(54)50(31)64)21-3-4-22-49(42(63)32-11-6-13-34(55)51(32)65)24-8-20-45-36(57)28-15-17-30(38(59)47-26)53(67)40(28)61/h5-6,10-17,26H,1-4,7-9,18-25,43H2,(H,44,56)(H,45,57)(H,46,58)(H,47,59)/q-4/t26-/m0/s1. The molecular formula is C42H47N11O14-4. The number of nitrogens with two attached hydrogens (primary N) is 1. The summed E-state index contributed by atoms with van der Waals surface area (Å²) in [7, 11) is 0. The maximum Gasteiger partial charge on any atom is 0.270 e. The zero-order valence-corrected chi connectivity index (χ0v) is 35.9. The summed E-state index contributed by atoms with van der Waals surface area (Å²) in [6.07, 6.45) is 1.48. The number of pyridine rings is 4. The van der Waals surface area contributed by atoms with Gasteiger partial charge in [-0.2, -0.15) is 0 Å². The molecule has 3 aliphatic heterocycles. The van der Waals surface area contributed by atoms with E-state index in [0.29, 0.717) is 12.8 Å². The Morgan fingerprint density at radius 2 is 0.985 bits per heavy atom. The monoisotopic (exact) mass is 929 g/mol. The molecule has 67 heavy (non-hydrogen) atoms. The Balaban J connectivity index is 1.43. The van der Waals surface area contributed by atoms with E-state index in [0.717, 1.165) is 48.5 Å². The number of hydrogen-bond donors (Lipinski definition) is 5. The van der Waals surface area contributed by atoms with Crippen LogP contribution in [0.3, 0.4) is 0 Å². The molecule has 4 aromatic rings. The van der Waals surface area contributed by atoms with E-state index in [1.807, 2.05) is 0 Å². The van der Waals surface area contributed by atoms with E-state index in [-0.39, 0.29) is 103 Å². The molecule has 4 bridgehead atoms. The van der Waals surface area contributed by atoms with Crippen molar-refractivity contribution in [3.05, 3.63) is 157 Å². The van der Waals surface area contributed by atoms with E-state index in [1.54, 1.807) is 0 Å². The van der Waals surface area contributed by atoms with Gasteiger partial charge in [0.05, 0.1) is 0 Å². The second kappa shape index (κ2) is 23.1. The highest BCUT2D eigenvalue weighted by Crippen LogP contribution is 2.11. The highest BCUT2D eigenvalue weighted by Gasteiger charge is 2.23. The predicted molar refractivity (Wildman–Crippen MR) is 239 cm³/mol. The topological polar surface area (TPSA) is 363 Å². The minimum Gasteiger partial charge on any atom is -0.803 e. The quantitative estimate of drug-likeness (QED) is 0.140. The van der Waals surface area contributed by atoms with E-state index in [4.69, 9.17) is 5.73 Å². The fourth-order valence-electron chi connectivity index (χ4n) is 7.01. The molecule has 7 rings (SSSR count). The lowest BCUT2D eigenvalue weighted by Crippen LogP contribution is -2.46. The van der Waals surface area contributed by atoms with Crippen molar-refractivity contribution in [2.24, 2.45) is 5.73 Å². The van der Waals surface area contributed by atoms with Gasteiger partial charge in [0.1, 0.15) is 33.9 Å². The molecule has 358 valence electrons. The third-order valence-electron chi connectivity index (χ3n) is 10.6. The number of amides is 6. The fraction of sp³-hybridized carbons (Fsp3) is 0.381. The zero-order valence-electron chi connectivity index (χ0n) is 35.9. The van der Waals surface area contributed by atoms with Crippen LogP contribution in [-0.4, -0.2) is 123 Å². The number of carbonyl (C=O) groups excluding carboxylic acids is 6. The number of nitrogens with zero attached hydrogens (tertiary/aromatic N) is 6. The summed E-state index contributed by atoms with van der Waals surface area (Å²) in [5.41, 5.74) is -2.78. The van der Waals surface area contributed by atoms with Crippen molar-refractivity contribution >= 4 is 35.4 Å². The second-order valence-electron chi connectivity index (χ2n) is 15.2. The van der Waals surface area contributed by atoms with E-state index >= 15 is 0 Å². The Kier molecular flexibility index (Phi) is 17.2. The van der Waals surface area contributed by atoms with E-state index in [9.17, 15) is 68.8 Å². The van der Waals surface area contributed by atoms with Crippen molar-refractivity contribution in [2.45, 2.75) is 51.0 Å². The summed E-state index contributed by atoms with van der Waals surface area (Å²) < 4.78 is -0.757. The number of rotatable bonds is 6. The summed E-state index contributed by atoms with van der Waals surface area (Å²) >= 11 is 0. The van der Waals surface area contributed by atoms with Crippen LogP contribution in [0.5, 0.6) is 0 Å². The van der Waals surface area contributed by atoms with Crippen LogP contribution in [0.2, 0.25) is 0 Å². The molecule has 0 fully saturated rings. The molecule has 6 amide bonds. The lowest BCUT2D eigenvalue weighted by atomic mass is 10.1. The van der Waals surface area contributed by atoms with Crippen molar-refractivity contribution in [3.8, 4) is 0 Å². The highest BCUT2D eigenvalue weighted by atomic mass is 16.5. The highest BCUT2D eigenvalue weighted by molar-refractivity contribution is 5.98. The van der Waals surface area contributed by atoms with Crippen LogP contribution in [0.4, 0.5) is 0 Å². The van der Waals surface area contributed by atoms with Crippen LogP contribution >= 0.6 is 0 Å². The largest absolute Gasteiger partial charge is 0.803 e.